The van der Waals surface area contributed by atoms with E-state index in [2.05, 4.69) is 25.3 Å². The molecule has 0 unspecified atom stereocenters. The van der Waals surface area contributed by atoms with Crippen LogP contribution in [0.2, 0.25) is 0 Å². The Morgan fingerprint density at radius 2 is 1.86 bits per heavy atom. The van der Waals surface area contributed by atoms with E-state index in [4.69, 9.17) is 14.6 Å². The Morgan fingerprint density at radius 1 is 1.14 bits per heavy atom. The van der Waals surface area contributed by atoms with Gasteiger partial charge in [-0.3, -0.25) is 4.90 Å². The maximum Gasteiger partial charge on any atom is 0.227 e. The minimum atomic E-state index is -0.507. The molecule has 6 nitrogen and oxygen atoms in total. The van der Waals surface area contributed by atoms with Gasteiger partial charge in [0.15, 0.2) is 11.6 Å². The molecule has 1 aromatic heterocycles. The quantitative estimate of drug-likeness (QED) is 0.299. The number of allylic oxidation sites excluding steroid dienone is 1. The monoisotopic (exact) mass is 481 g/mol. The van der Waals surface area contributed by atoms with Gasteiger partial charge in [-0.1, -0.05) is 50.3 Å². The van der Waals surface area contributed by atoms with Crippen molar-refractivity contribution in [3.05, 3.63) is 84.3 Å². The molecular formula is C28H36FN3O3. The van der Waals surface area contributed by atoms with Crippen molar-refractivity contribution in [2.45, 2.75) is 45.3 Å². The van der Waals surface area contributed by atoms with Crippen molar-refractivity contribution in [3.8, 4) is 17.3 Å². The number of aliphatic hydroxyl groups is 1. The third-order valence-corrected chi connectivity index (χ3v) is 5.72. The molecule has 35 heavy (non-hydrogen) atoms. The van der Waals surface area contributed by atoms with E-state index in [0.717, 1.165) is 23.4 Å². The Kier molecular flexibility index (Phi) is 10.0. The van der Waals surface area contributed by atoms with Crippen molar-refractivity contribution in [2.24, 2.45) is 0 Å². The highest BCUT2D eigenvalue weighted by Crippen LogP contribution is 2.35. The molecular weight excluding hydrogens is 445 g/mol. The Labute approximate surface area is 207 Å². The number of benzene rings is 2. The highest BCUT2D eigenvalue weighted by atomic mass is 19.1. The van der Waals surface area contributed by atoms with Crippen LogP contribution in [-0.4, -0.2) is 52.7 Å². The lowest BCUT2D eigenvalue weighted by Gasteiger charge is -2.25. The third kappa shape index (κ3) is 7.24. The summed E-state index contributed by atoms with van der Waals surface area (Å²) in [5, 5.41) is 15.5. The summed E-state index contributed by atoms with van der Waals surface area (Å²) in [4.78, 5) is 2.13. The number of hydrogen-bond donors (Lipinski definition) is 1. The largest absolute Gasteiger partial charge is 0.435 e. The first kappa shape index (κ1) is 26.6. The highest BCUT2D eigenvalue weighted by molar-refractivity contribution is 5.44. The molecule has 1 N–H and O–H groups in total. The number of methoxy groups -OCH3 is 1. The molecule has 1 atom stereocenters. The fraction of sp³-hybridized carbons (Fsp3) is 0.393. The summed E-state index contributed by atoms with van der Waals surface area (Å²) in [5.74, 6) is 0.262. The normalized spacial score (nSPS) is 12.3. The number of halogens is 1. The smallest absolute Gasteiger partial charge is 0.227 e. The van der Waals surface area contributed by atoms with Gasteiger partial charge in [-0.15, -0.1) is 6.58 Å². The van der Waals surface area contributed by atoms with Crippen LogP contribution in [0.5, 0.6) is 11.6 Å². The summed E-state index contributed by atoms with van der Waals surface area (Å²) in [6, 6.07) is 16.0. The molecule has 0 radical (unpaired) electrons. The Hall–Kier alpha value is -3.00. The summed E-state index contributed by atoms with van der Waals surface area (Å²) in [5.41, 5.74) is 2.55. The Morgan fingerprint density at radius 3 is 2.51 bits per heavy atom. The van der Waals surface area contributed by atoms with Crippen LogP contribution in [0.15, 0.2) is 67.3 Å². The number of aromatic nitrogens is 2. The molecule has 7 heteroatoms. The highest BCUT2D eigenvalue weighted by Gasteiger charge is 2.26. The van der Waals surface area contributed by atoms with Crippen molar-refractivity contribution < 1.29 is 19.0 Å². The van der Waals surface area contributed by atoms with E-state index < -0.39 is 11.9 Å². The lowest BCUT2D eigenvalue weighted by molar-refractivity contribution is 0.0804. The average molecular weight is 482 g/mol. The molecule has 0 spiro atoms. The van der Waals surface area contributed by atoms with E-state index in [9.17, 15) is 9.50 Å². The van der Waals surface area contributed by atoms with Gasteiger partial charge in [0, 0.05) is 26.7 Å². The van der Waals surface area contributed by atoms with Crippen molar-refractivity contribution in [3.63, 3.8) is 0 Å². The number of rotatable bonds is 14. The Balaban J connectivity index is 2.06. The van der Waals surface area contributed by atoms with Crippen molar-refractivity contribution >= 4 is 0 Å². The number of hydrogen-bond acceptors (Lipinski definition) is 5. The lowest BCUT2D eigenvalue weighted by Crippen LogP contribution is -2.34. The topological polar surface area (TPSA) is 59.8 Å². The fourth-order valence-electron chi connectivity index (χ4n) is 3.92. The fourth-order valence-corrected chi connectivity index (χ4v) is 3.92. The zero-order valence-electron chi connectivity index (χ0n) is 20.9. The zero-order chi connectivity index (χ0) is 25.2. The maximum absolute atomic E-state index is 14.6. The van der Waals surface area contributed by atoms with Crippen LogP contribution in [-0.2, 0) is 11.3 Å². The Bertz CT molecular complexity index is 1070. The van der Waals surface area contributed by atoms with E-state index in [1.54, 1.807) is 30.0 Å². The van der Waals surface area contributed by atoms with E-state index in [-0.39, 0.29) is 11.7 Å². The first-order valence-electron chi connectivity index (χ1n) is 12.0. The molecule has 3 rings (SSSR count). The lowest BCUT2D eigenvalue weighted by atomic mass is 10.0. The second-order valence-electron chi connectivity index (χ2n) is 8.85. The van der Waals surface area contributed by atoms with Crippen LogP contribution in [0.25, 0.3) is 5.69 Å². The molecule has 0 bridgehead atoms. The summed E-state index contributed by atoms with van der Waals surface area (Å²) in [6.45, 7) is 9.97. The van der Waals surface area contributed by atoms with Gasteiger partial charge in [0.25, 0.3) is 0 Å². The van der Waals surface area contributed by atoms with E-state index in [1.165, 1.54) is 6.07 Å². The average Bonchev–Trinajstić information content (AvgIpc) is 3.21. The molecule has 188 valence electrons. The standard InChI is InChI=1S/C28H36FN3O3/c1-5-6-14-23(33)19-31(17-18-34-4)20-24-27(21(2)3)30-32(22-12-8-7-9-13-22)28(24)35-26-16-11-10-15-25(26)29/h5,7-13,15-16,21,23,33H,1,6,14,17-20H2,2-4H3/t23-/m1/s1. The number of nitrogens with zero attached hydrogens (tertiary/aromatic N) is 3. The van der Waals surface area contributed by atoms with Crippen LogP contribution < -0.4 is 4.74 Å². The molecule has 0 saturated heterocycles. The predicted molar refractivity (Wildman–Crippen MR) is 137 cm³/mol. The van der Waals surface area contributed by atoms with Crippen molar-refractivity contribution in [1.82, 2.24) is 14.7 Å². The van der Waals surface area contributed by atoms with Gasteiger partial charge in [-0.2, -0.15) is 5.10 Å². The molecule has 1 heterocycles. The first-order valence-corrected chi connectivity index (χ1v) is 12.0. The minimum absolute atomic E-state index is 0.105. The van der Waals surface area contributed by atoms with E-state index in [0.29, 0.717) is 38.5 Å². The molecule has 0 aliphatic rings. The first-order chi connectivity index (χ1) is 16.9. The maximum atomic E-state index is 14.6. The van der Waals surface area contributed by atoms with E-state index >= 15 is 0 Å². The van der Waals surface area contributed by atoms with Gasteiger partial charge in [-0.25, -0.2) is 9.07 Å². The second kappa shape index (κ2) is 13.2. The summed E-state index contributed by atoms with van der Waals surface area (Å²) in [7, 11) is 1.66. The van der Waals surface area contributed by atoms with Crippen molar-refractivity contribution in [1.29, 1.82) is 0 Å². The van der Waals surface area contributed by atoms with Gasteiger partial charge < -0.3 is 14.6 Å². The molecule has 0 amide bonds. The molecule has 0 fully saturated rings. The molecule has 0 aliphatic carbocycles. The van der Waals surface area contributed by atoms with Gasteiger partial charge in [0.1, 0.15) is 0 Å². The number of ether oxygens (including phenoxy) is 2. The van der Waals surface area contributed by atoms with Crippen LogP contribution in [0.1, 0.15) is 43.9 Å². The van der Waals surface area contributed by atoms with Gasteiger partial charge in [0.2, 0.25) is 5.88 Å². The molecule has 0 aliphatic heterocycles. The van der Waals surface area contributed by atoms with Crippen LogP contribution in [0.4, 0.5) is 4.39 Å². The van der Waals surface area contributed by atoms with Gasteiger partial charge in [0.05, 0.1) is 29.7 Å². The predicted octanol–water partition coefficient (Wildman–Crippen LogP) is 5.70. The third-order valence-electron chi connectivity index (χ3n) is 5.72. The number of aliphatic hydroxyl groups excluding tert-OH is 1. The van der Waals surface area contributed by atoms with Crippen LogP contribution in [0, 0.1) is 5.82 Å². The van der Waals surface area contributed by atoms with Crippen LogP contribution in [0.3, 0.4) is 0 Å². The number of para-hydroxylation sites is 2. The second-order valence-corrected chi connectivity index (χ2v) is 8.85. The zero-order valence-corrected chi connectivity index (χ0v) is 20.9. The van der Waals surface area contributed by atoms with E-state index in [1.807, 2.05) is 36.4 Å². The summed E-state index contributed by atoms with van der Waals surface area (Å²) >= 11 is 0. The molecule has 0 saturated carbocycles. The summed E-state index contributed by atoms with van der Waals surface area (Å²) < 4.78 is 27.9. The summed E-state index contributed by atoms with van der Waals surface area (Å²) in [6.07, 6.45) is 2.67. The van der Waals surface area contributed by atoms with Gasteiger partial charge >= 0.3 is 0 Å². The van der Waals surface area contributed by atoms with Gasteiger partial charge in [-0.05, 0) is 43.0 Å². The molecule has 2 aromatic carbocycles. The van der Waals surface area contributed by atoms with Crippen LogP contribution >= 0.6 is 0 Å². The molecule has 3 aromatic rings. The van der Waals surface area contributed by atoms with Crippen molar-refractivity contribution in [2.75, 3.05) is 26.8 Å². The minimum Gasteiger partial charge on any atom is -0.435 e. The SMILES string of the molecule is C=CCC[C@@H](O)CN(CCOC)Cc1c(C(C)C)nn(-c2ccccc2)c1Oc1ccccc1F.